The molecular weight excluding hydrogens is 253 g/mol. The molecule has 19 heavy (non-hydrogen) atoms. The van der Waals surface area contributed by atoms with Crippen LogP contribution in [0.25, 0.3) is 0 Å². The van der Waals surface area contributed by atoms with Crippen LogP contribution < -0.4 is 5.32 Å². The summed E-state index contributed by atoms with van der Waals surface area (Å²) in [4.78, 5) is 3.97. The molecule has 100 valence electrons. The highest BCUT2D eigenvalue weighted by Gasteiger charge is 2.30. The molecule has 0 atom stereocenters. The molecule has 0 radical (unpaired) electrons. The minimum absolute atomic E-state index is 0.388. The first kappa shape index (κ1) is 13.5. The van der Waals surface area contributed by atoms with Gasteiger partial charge in [-0.15, -0.1) is 0 Å². The van der Waals surface area contributed by atoms with Crippen LogP contribution in [0.15, 0.2) is 48.8 Å². The number of halogens is 3. The van der Waals surface area contributed by atoms with E-state index in [4.69, 9.17) is 0 Å². The fourth-order valence-corrected chi connectivity index (χ4v) is 1.71. The molecule has 0 aliphatic heterocycles. The molecule has 0 spiro atoms. The third-order valence-corrected chi connectivity index (χ3v) is 2.64. The van der Waals surface area contributed by atoms with Crippen molar-refractivity contribution in [2.45, 2.75) is 19.3 Å². The number of aromatic nitrogens is 1. The van der Waals surface area contributed by atoms with Crippen LogP contribution in [0.3, 0.4) is 0 Å². The van der Waals surface area contributed by atoms with E-state index in [2.05, 4.69) is 10.3 Å². The van der Waals surface area contributed by atoms with E-state index in [1.165, 1.54) is 6.07 Å². The zero-order chi connectivity index (χ0) is 13.7. The van der Waals surface area contributed by atoms with E-state index < -0.39 is 11.7 Å². The van der Waals surface area contributed by atoms with Gasteiger partial charge in [0, 0.05) is 25.5 Å². The topological polar surface area (TPSA) is 24.9 Å². The zero-order valence-corrected chi connectivity index (χ0v) is 10.1. The van der Waals surface area contributed by atoms with E-state index in [-0.39, 0.29) is 0 Å². The molecule has 0 saturated heterocycles. The molecule has 1 N–H and O–H groups in total. The normalized spacial score (nSPS) is 11.5. The van der Waals surface area contributed by atoms with Gasteiger partial charge >= 0.3 is 6.18 Å². The number of hydrogen-bond donors (Lipinski definition) is 1. The summed E-state index contributed by atoms with van der Waals surface area (Å²) in [6.07, 6.45) is -0.894. The van der Waals surface area contributed by atoms with Gasteiger partial charge in [-0.3, -0.25) is 4.98 Å². The summed E-state index contributed by atoms with van der Waals surface area (Å²) in [5.41, 5.74) is 0.987. The zero-order valence-electron chi connectivity index (χ0n) is 10.1. The second-order valence-corrected chi connectivity index (χ2v) is 4.16. The van der Waals surface area contributed by atoms with Crippen LogP contribution in [0.1, 0.15) is 16.7 Å². The fraction of sp³-hybridized carbons (Fsp3) is 0.214. The lowest BCUT2D eigenvalue weighted by molar-refractivity contribution is -0.137. The highest BCUT2D eigenvalue weighted by atomic mass is 19.4. The van der Waals surface area contributed by atoms with Gasteiger partial charge in [-0.2, -0.15) is 13.2 Å². The summed E-state index contributed by atoms with van der Waals surface area (Å²) in [5.74, 6) is 0. The Bertz CT molecular complexity index is 524. The first-order valence-electron chi connectivity index (χ1n) is 5.81. The van der Waals surface area contributed by atoms with Crippen LogP contribution >= 0.6 is 0 Å². The maximum absolute atomic E-state index is 12.5. The van der Waals surface area contributed by atoms with Crippen LogP contribution in [0.4, 0.5) is 13.2 Å². The standard InChI is InChI=1S/C14H13F3N2/c15-14(16,17)13-5-1-3-11(7-13)8-19-10-12-4-2-6-18-9-12/h1-7,9,19H,8,10H2. The molecule has 5 heteroatoms. The number of rotatable bonds is 4. The predicted octanol–water partition coefficient (Wildman–Crippen LogP) is 3.39. The molecule has 0 unspecified atom stereocenters. The third kappa shape index (κ3) is 4.06. The van der Waals surface area contributed by atoms with Gasteiger partial charge in [0.05, 0.1) is 5.56 Å². The van der Waals surface area contributed by atoms with Crippen molar-refractivity contribution in [3.63, 3.8) is 0 Å². The van der Waals surface area contributed by atoms with Crippen LogP contribution in [-0.4, -0.2) is 4.98 Å². The molecule has 1 aromatic carbocycles. The van der Waals surface area contributed by atoms with Crippen molar-refractivity contribution in [2.75, 3.05) is 0 Å². The van der Waals surface area contributed by atoms with E-state index in [0.717, 1.165) is 17.7 Å². The second-order valence-electron chi connectivity index (χ2n) is 4.16. The predicted molar refractivity (Wildman–Crippen MR) is 66.2 cm³/mol. The van der Waals surface area contributed by atoms with E-state index >= 15 is 0 Å². The third-order valence-electron chi connectivity index (χ3n) is 2.64. The first-order chi connectivity index (χ1) is 9.05. The van der Waals surface area contributed by atoms with Gasteiger partial charge in [0.1, 0.15) is 0 Å². The lowest BCUT2D eigenvalue weighted by atomic mass is 10.1. The second kappa shape index (κ2) is 5.84. The Morgan fingerprint density at radius 1 is 1.00 bits per heavy atom. The van der Waals surface area contributed by atoms with Crippen LogP contribution in [0.5, 0.6) is 0 Å². The number of benzene rings is 1. The van der Waals surface area contributed by atoms with Crippen LogP contribution in [-0.2, 0) is 19.3 Å². The maximum Gasteiger partial charge on any atom is 0.416 e. The van der Waals surface area contributed by atoms with Crippen molar-refractivity contribution in [3.8, 4) is 0 Å². The van der Waals surface area contributed by atoms with Gasteiger partial charge in [0.25, 0.3) is 0 Å². The number of alkyl halides is 3. The first-order valence-corrected chi connectivity index (χ1v) is 5.81. The van der Waals surface area contributed by atoms with Crippen molar-refractivity contribution >= 4 is 0 Å². The molecular formula is C14H13F3N2. The Labute approximate surface area is 109 Å². The lowest BCUT2D eigenvalue weighted by Gasteiger charge is -2.09. The summed E-state index contributed by atoms with van der Waals surface area (Å²) in [5, 5.41) is 3.09. The Morgan fingerprint density at radius 2 is 1.74 bits per heavy atom. The molecule has 0 fully saturated rings. The van der Waals surface area contributed by atoms with Gasteiger partial charge in [0.15, 0.2) is 0 Å². The maximum atomic E-state index is 12.5. The summed E-state index contributed by atoms with van der Waals surface area (Å²) < 4.78 is 37.6. The van der Waals surface area contributed by atoms with Crippen molar-refractivity contribution in [1.82, 2.24) is 10.3 Å². The molecule has 0 aliphatic carbocycles. The Hall–Kier alpha value is -1.88. The van der Waals surface area contributed by atoms with Gasteiger partial charge in [0.2, 0.25) is 0 Å². The average molecular weight is 266 g/mol. The molecule has 0 aliphatic rings. The van der Waals surface area contributed by atoms with Crippen molar-refractivity contribution in [3.05, 3.63) is 65.5 Å². The average Bonchev–Trinajstić information content (AvgIpc) is 2.39. The monoisotopic (exact) mass is 266 g/mol. The summed E-state index contributed by atoms with van der Waals surface area (Å²) in [6, 6.07) is 9.06. The van der Waals surface area contributed by atoms with Crippen molar-refractivity contribution < 1.29 is 13.2 Å². The molecule has 2 nitrogen and oxygen atoms in total. The quantitative estimate of drug-likeness (QED) is 0.917. The molecule has 2 rings (SSSR count). The summed E-state index contributed by atoms with van der Waals surface area (Å²) >= 11 is 0. The highest BCUT2D eigenvalue weighted by molar-refractivity contribution is 5.25. The number of hydrogen-bond acceptors (Lipinski definition) is 2. The molecule has 1 heterocycles. The molecule has 0 amide bonds. The summed E-state index contributed by atoms with van der Waals surface area (Å²) in [6.45, 7) is 0.961. The Kier molecular flexibility index (Phi) is 4.16. The molecule has 2 aromatic rings. The van der Waals surface area contributed by atoms with E-state index in [1.807, 2.05) is 12.1 Å². The van der Waals surface area contributed by atoms with Crippen LogP contribution in [0, 0.1) is 0 Å². The number of nitrogens with one attached hydrogen (secondary N) is 1. The minimum atomic E-state index is -4.29. The fourth-order valence-electron chi connectivity index (χ4n) is 1.71. The van der Waals surface area contributed by atoms with E-state index in [9.17, 15) is 13.2 Å². The smallest absolute Gasteiger partial charge is 0.309 e. The van der Waals surface area contributed by atoms with Crippen molar-refractivity contribution in [2.24, 2.45) is 0 Å². The van der Waals surface area contributed by atoms with Gasteiger partial charge in [-0.05, 0) is 23.3 Å². The van der Waals surface area contributed by atoms with Gasteiger partial charge < -0.3 is 5.32 Å². The van der Waals surface area contributed by atoms with Crippen LogP contribution in [0.2, 0.25) is 0 Å². The van der Waals surface area contributed by atoms with Gasteiger partial charge in [-0.1, -0.05) is 24.3 Å². The minimum Gasteiger partial charge on any atom is -0.309 e. The number of pyridine rings is 1. The Morgan fingerprint density at radius 3 is 2.42 bits per heavy atom. The SMILES string of the molecule is FC(F)(F)c1cccc(CNCc2cccnc2)c1. The largest absolute Gasteiger partial charge is 0.416 e. The lowest BCUT2D eigenvalue weighted by Crippen LogP contribution is -2.13. The Balaban J connectivity index is 1.93. The highest BCUT2D eigenvalue weighted by Crippen LogP contribution is 2.29. The van der Waals surface area contributed by atoms with Gasteiger partial charge in [-0.25, -0.2) is 0 Å². The molecule has 0 bridgehead atoms. The van der Waals surface area contributed by atoms with E-state index in [0.29, 0.717) is 18.7 Å². The van der Waals surface area contributed by atoms with Crippen molar-refractivity contribution in [1.29, 1.82) is 0 Å². The molecule has 1 aromatic heterocycles. The number of nitrogens with zero attached hydrogens (tertiary/aromatic N) is 1. The summed E-state index contributed by atoms with van der Waals surface area (Å²) in [7, 11) is 0. The van der Waals surface area contributed by atoms with E-state index in [1.54, 1.807) is 18.5 Å². The molecule has 0 saturated carbocycles.